The van der Waals surface area contributed by atoms with Crippen LogP contribution in [0.4, 0.5) is 0 Å². The molecule has 1 rings (SSSR count). The summed E-state index contributed by atoms with van der Waals surface area (Å²) in [6.07, 6.45) is 7.52. The third-order valence-electron chi connectivity index (χ3n) is 2.59. The summed E-state index contributed by atoms with van der Waals surface area (Å²) in [6.45, 7) is 8.56. The van der Waals surface area contributed by atoms with Crippen LogP contribution < -0.4 is 0 Å². The molecule has 0 aromatic rings. The zero-order valence-corrected chi connectivity index (χ0v) is 7.69. The lowest BCUT2D eigenvalue weighted by atomic mass is 9.90. The van der Waals surface area contributed by atoms with Crippen molar-refractivity contribution >= 4 is 0 Å². The van der Waals surface area contributed by atoms with E-state index in [2.05, 4.69) is 26.5 Å². The Morgan fingerprint density at radius 3 is 2.91 bits per heavy atom. The van der Waals surface area contributed by atoms with Crippen LogP contribution in [0, 0.1) is 5.92 Å². The van der Waals surface area contributed by atoms with Crippen LogP contribution in [0.5, 0.6) is 0 Å². The highest BCUT2D eigenvalue weighted by molar-refractivity contribution is 5.21. The van der Waals surface area contributed by atoms with Gasteiger partial charge in [-0.05, 0) is 32.1 Å². The Bertz CT molecular complexity index is 174. The first-order valence-electron chi connectivity index (χ1n) is 4.56. The highest BCUT2D eigenvalue weighted by atomic mass is 14.1. The highest BCUT2D eigenvalue weighted by Crippen LogP contribution is 2.23. The zero-order valence-electron chi connectivity index (χ0n) is 7.69. The Kier molecular flexibility index (Phi) is 2.92. The predicted octanol–water partition coefficient (Wildman–Crippen LogP) is 3.70. The van der Waals surface area contributed by atoms with E-state index < -0.39 is 0 Å². The Morgan fingerprint density at radius 1 is 1.45 bits per heavy atom. The molecule has 62 valence electrons. The third kappa shape index (κ3) is 2.53. The van der Waals surface area contributed by atoms with Crippen LogP contribution in [-0.4, -0.2) is 0 Å². The molecular weight excluding hydrogens is 132 g/mol. The van der Waals surface area contributed by atoms with E-state index in [1.807, 2.05) is 0 Å². The molecule has 1 aliphatic rings. The first-order valence-corrected chi connectivity index (χ1v) is 4.56. The smallest absolute Gasteiger partial charge is 0.0231 e. The minimum atomic E-state index is 0.770. The number of hydrogen-bond donors (Lipinski definition) is 0. The molecule has 0 saturated heterocycles. The fourth-order valence-corrected chi connectivity index (χ4v) is 1.57. The molecule has 0 saturated carbocycles. The normalized spacial score (nSPS) is 32.0. The lowest BCUT2D eigenvalue weighted by Crippen LogP contribution is -2.00. The first-order chi connectivity index (χ1) is 5.20. The van der Waals surface area contributed by atoms with Crippen molar-refractivity contribution in [2.24, 2.45) is 5.92 Å². The zero-order chi connectivity index (χ0) is 8.27. The molecule has 1 unspecified atom stereocenters. The van der Waals surface area contributed by atoms with Gasteiger partial charge in [-0.2, -0.15) is 0 Å². The van der Waals surface area contributed by atoms with Crippen LogP contribution in [-0.2, 0) is 0 Å². The second-order valence-electron chi connectivity index (χ2n) is 3.69. The molecule has 0 N–H and O–H groups in total. The Balaban J connectivity index is 2.67. The molecule has 11 heavy (non-hydrogen) atoms. The van der Waals surface area contributed by atoms with Crippen LogP contribution in [0.15, 0.2) is 23.8 Å². The van der Waals surface area contributed by atoms with Gasteiger partial charge in [0.1, 0.15) is 0 Å². The van der Waals surface area contributed by atoms with Gasteiger partial charge < -0.3 is 0 Å². The maximum atomic E-state index is 4.02. The number of allylic oxidation sites excluding steroid dienone is 3. The van der Waals surface area contributed by atoms with E-state index in [0.717, 1.165) is 5.92 Å². The average molecular weight is 150 g/mol. The van der Waals surface area contributed by atoms with E-state index in [1.54, 1.807) is 0 Å². The van der Waals surface area contributed by atoms with Gasteiger partial charge in [-0.1, -0.05) is 37.1 Å². The van der Waals surface area contributed by atoms with Gasteiger partial charge in [-0.25, -0.2) is 0 Å². The molecule has 0 amide bonds. The van der Waals surface area contributed by atoms with Crippen LogP contribution in [0.2, 0.25) is 0 Å². The van der Waals surface area contributed by atoms with E-state index in [-0.39, 0.29) is 0 Å². The molecule has 0 fully saturated rings. The van der Waals surface area contributed by atoms with Gasteiger partial charge in [-0.3, -0.25) is 0 Å². The third-order valence-corrected chi connectivity index (χ3v) is 2.59. The average Bonchev–Trinajstić information content (AvgIpc) is 1.95. The Morgan fingerprint density at radius 2 is 2.18 bits per heavy atom. The van der Waals surface area contributed by atoms with Crippen molar-refractivity contribution in [2.45, 2.75) is 39.5 Å². The second kappa shape index (κ2) is 3.75. The predicted molar refractivity (Wildman–Crippen MR) is 50.5 cm³/mol. The van der Waals surface area contributed by atoms with Crippen molar-refractivity contribution < 1.29 is 0 Å². The molecule has 0 aliphatic heterocycles. The van der Waals surface area contributed by atoms with Crippen LogP contribution in [0.25, 0.3) is 0 Å². The van der Waals surface area contributed by atoms with Gasteiger partial charge in [0.2, 0.25) is 0 Å². The van der Waals surface area contributed by atoms with Crippen LogP contribution in [0.3, 0.4) is 0 Å². The van der Waals surface area contributed by atoms with Gasteiger partial charge in [0, 0.05) is 0 Å². The number of hydrogen-bond acceptors (Lipinski definition) is 0. The summed E-state index contributed by atoms with van der Waals surface area (Å²) < 4.78 is 0. The van der Waals surface area contributed by atoms with Crippen molar-refractivity contribution in [3.63, 3.8) is 0 Å². The molecule has 1 atom stereocenters. The van der Waals surface area contributed by atoms with Crippen LogP contribution >= 0.6 is 0 Å². The largest absolute Gasteiger partial charge is 0.0958 e. The number of rotatable bonds is 0. The molecule has 1 aliphatic carbocycles. The van der Waals surface area contributed by atoms with Gasteiger partial charge >= 0.3 is 0 Å². The van der Waals surface area contributed by atoms with E-state index in [4.69, 9.17) is 0 Å². The van der Waals surface area contributed by atoms with E-state index in [1.165, 1.54) is 36.8 Å². The summed E-state index contributed by atoms with van der Waals surface area (Å²) in [7, 11) is 0. The minimum Gasteiger partial charge on any atom is -0.0958 e. The second-order valence-corrected chi connectivity index (χ2v) is 3.69. The molecule has 0 bridgehead atoms. The first kappa shape index (κ1) is 8.58. The Hall–Kier alpha value is -0.520. The lowest BCUT2D eigenvalue weighted by molar-refractivity contribution is 0.549. The molecule has 0 aromatic carbocycles. The summed E-state index contributed by atoms with van der Waals surface area (Å²) in [5, 5.41) is 0. The van der Waals surface area contributed by atoms with Crippen molar-refractivity contribution in [1.29, 1.82) is 0 Å². The molecule has 0 heterocycles. The molecule has 0 nitrogen and oxygen atoms in total. The topological polar surface area (TPSA) is 0 Å². The van der Waals surface area contributed by atoms with Gasteiger partial charge in [-0.15, -0.1) is 0 Å². The van der Waals surface area contributed by atoms with E-state index >= 15 is 0 Å². The monoisotopic (exact) mass is 150 g/mol. The maximum absolute atomic E-state index is 4.02. The SMILES string of the molecule is C=C1/C=C(/C)C(C)CCCC1. The summed E-state index contributed by atoms with van der Waals surface area (Å²) in [4.78, 5) is 0. The van der Waals surface area contributed by atoms with Gasteiger partial charge in [0.15, 0.2) is 0 Å². The lowest BCUT2D eigenvalue weighted by Gasteiger charge is -2.16. The standard InChI is InChI=1S/C11H18/c1-9-6-4-5-7-10(2)11(3)8-9/h8,10H,1,4-7H2,2-3H3/b11-8-. The van der Waals surface area contributed by atoms with Crippen molar-refractivity contribution in [3.05, 3.63) is 23.8 Å². The molecule has 0 aromatic heterocycles. The molecule has 0 spiro atoms. The van der Waals surface area contributed by atoms with E-state index in [0.29, 0.717) is 0 Å². The van der Waals surface area contributed by atoms with Crippen molar-refractivity contribution in [3.8, 4) is 0 Å². The fourth-order valence-electron chi connectivity index (χ4n) is 1.57. The van der Waals surface area contributed by atoms with Gasteiger partial charge in [0.05, 0.1) is 0 Å². The quantitative estimate of drug-likeness (QED) is 0.494. The van der Waals surface area contributed by atoms with Crippen molar-refractivity contribution in [1.82, 2.24) is 0 Å². The van der Waals surface area contributed by atoms with Crippen LogP contribution in [0.1, 0.15) is 39.5 Å². The molecule has 0 radical (unpaired) electrons. The minimum absolute atomic E-state index is 0.770. The van der Waals surface area contributed by atoms with Crippen molar-refractivity contribution in [2.75, 3.05) is 0 Å². The summed E-state index contributed by atoms with van der Waals surface area (Å²) in [5.41, 5.74) is 2.82. The summed E-state index contributed by atoms with van der Waals surface area (Å²) in [5.74, 6) is 0.770. The fraction of sp³-hybridized carbons (Fsp3) is 0.636. The maximum Gasteiger partial charge on any atom is -0.0231 e. The summed E-state index contributed by atoms with van der Waals surface area (Å²) in [6, 6.07) is 0. The highest BCUT2D eigenvalue weighted by Gasteiger charge is 2.07. The Labute approximate surface area is 70.0 Å². The van der Waals surface area contributed by atoms with Gasteiger partial charge in [0.25, 0.3) is 0 Å². The molecule has 0 heteroatoms. The van der Waals surface area contributed by atoms with E-state index in [9.17, 15) is 0 Å². The molecular formula is C11H18. The summed E-state index contributed by atoms with van der Waals surface area (Å²) >= 11 is 0.